The Bertz CT molecular complexity index is 563. The van der Waals surface area contributed by atoms with Gasteiger partial charge in [0.05, 0.1) is 10.9 Å². The van der Waals surface area contributed by atoms with Gasteiger partial charge >= 0.3 is 0 Å². The number of aliphatic hydroxyl groups excluding tert-OH is 1. The molecule has 0 saturated heterocycles. The second kappa shape index (κ2) is 5.43. The van der Waals surface area contributed by atoms with Crippen LogP contribution in [-0.4, -0.2) is 12.2 Å². The fourth-order valence-corrected chi connectivity index (χ4v) is 3.17. The van der Waals surface area contributed by atoms with E-state index < -0.39 is 6.10 Å². The Morgan fingerprint density at radius 2 is 1.94 bits per heavy atom. The molecule has 18 heavy (non-hydrogen) atoms. The molecule has 1 aromatic heterocycles. The molecule has 2 rings (SSSR count). The zero-order chi connectivity index (χ0) is 13.3. The van der Waals surface area contributed by atoms with Gasteiger partial charge in [-0.25, -0.2) is 0 Å². The summed E-state index contributed by atoms with van der Waals surface area (Å²) in [6.45, 7) is 3.97. The van der Waals surface area contributed by atoms with Gasteiger partial charge in [-0.1, -0.05) is 0 Å². The lowest BCUT2D eigenvalue weighted by Gasteiger charge is -2.15. The van der Waals surface area contributed by atoms with Crippen molar-refractivity contribution in [3.05, 3.63) is 49.6 Å². The van der Waals surface area contributed by atoms with Crippen LogP contribution in [0.3, 0.4) is 0 Å². The van der Waals surface area contributed by atoms with E-state index in [1.54, 1.807) is 18.4 Å². The minimum atomic E-state index is -0.586. The number of halogens is 1. The Morgan fingerprint density at radius 3 is 2.50 bits per heavy atom. The molecule has 0 radical (unpaired) electrons. The van der Waals surface area contributed by atoms with E-state index >= 15 is 0 Å². The molecule has 4 heteroatoms. The number of rotatable bonds is 3. The second-order valence-electron chi connectivity index (χ2n) is 4.27. The highest BCUT2D eigenvalue weighted by Gasteiger charge is 2.16. The monoisotopic (exact) mass is 326 g/mol. The first-order chi connectivity index (χ1) is 8.52. The van der Waals surface area contributed by atoms with Gasteiger partial charge in [-0.2, -0.15) is 0 Å². The van der Waals surface area contributed by atoms with Crippen molar-refractivity contribution in [1.82, 2.24) is 0 Å². The van der Waals surface area contributed by atoms with Gasteiger partial charge in [0.1, 0.15) is 11.9 Å². The van der Waals surface area contributed by atoms with E-state index in [0.717, 1.165) is 31.8 Å². The summed E-state index contributed by atoms with van der Waals surface area (Å²) in [5.74, 6) is 0.856. The van der Waals surface area contributed by atoms with Gasteiger partial charge in [-0.05, 0) is 75.6 Å². The van der Waals surface area contributed by atoms with E-state index in [9.17, 15) is 5.11 Å². The summed E-state index contributed by atoms with van der Waals surface area (Å²) in [5, 5.41) is 12.4. The molecule has 2 aromatic rings. The maximum atomic E-state index is 10.4. The van der Waals surface area contributed by atoms with Crippen LogP contribution in [0, 0.1) is 13.8 Å². The normalized spacial score (nSPS) is 12.5. The van der Waals surface area contributed by atoms with E-state index in [1.165, 1.54) is 0 Å². The molecule has 0 saturated carbocycles. The van der Waals surface area contributed by atoms with Crippen molar-refractivity contribution in [2.24, 2.45) is 0 Å². The van der Waals surface area contributed by atoms with Gasteiger partial charge in [-0.3, -0.25) is 0 Å². The minimum absolute atomic E-state index is 0.586. The fraction of sp³-hybridized carbons (Fsp3) is 0.286. The van der Waals surface area contributed by atoms with Crippen molar-refractivity contribution >= 4 is 27.3 Å². The highest BCUT2D eigenvalue weighted by molar-refractivity contribution is 9.11. The van der Waals surface area contributed by atoms with E-state index in [0.29, 0.717) is 0 Å². The summed E-state index contributed by atoms with van der Waals surface area (Å²) in [6, 6.07) is 5.91. The number of benzene rings is 1. The molecule has 0 bridgehead atoms. The first kappa shape index (κ1) is 13.6. The number of thiophene rings is 1. The summed E-state index contributed by atoms with van der Waals surface area (Å²) >= 11 is 4.99. The third kappa shape index (κ3) is 2.60. The molecular weight excluding hydrogens is 312 g/mol. The SMILES string of the molecule is COc1cc(C)c(C(O)c2csc(Br)c2)cc1C. The molecular formula is C14H15BrO2S. The first-order valence-corrected chi connectivity index (χ1v) is 7.27. The molecule has 2 nitrogen and oxygen atoms in total. The lowest BCUT2D eigenvalue weighted by Crippen LogP contribution is -2.02. The number of methoxy groups -OCH3 is 1. The fourth-order valence-electron chi connectivity index (χ4n) is 1.97. The maximum absolute atomic E-state index is 10.4. The predicted octanol–water partition coefficient (Wildman–Crippen LogP) is 4.22. The molecule has 0 aliphatic carbocycles. The third-order valence-electron chi connectivity index (χ3n) is 2.98. The van der Waals surface area contributed by atoms with Crippen LogP contribution in [0.2, 0.25) is 0 Å². The maximum Gasteiger partial charge on any atom is 0.122 e. The molecule has 0 aliphatic heterocycles. The molecule has 1 unspecified atom stereocenters. The summed E-state index contributed by atoms with van der Waals surface area (Å²) < 4.78 is 6.31. The number of aryl methyl sites for hydroxylation is 2. The van der Waals surface area contributed by atoms with Gasteiger partial charge in [0.25, 0.3) is 0 Å². The second-order valence-corrected chi connectivity index (χ2v) is 6.56. The molecule has 0 aliphatic rings. The molecule has 1 N–H and O–H groups in total. The predicted molar refractivity (Wildman–Crippen MR) is 78.5 cm³/mol. The molecule has 96 valence electrons. The van der Waals surface area contributed by atoms with Crippen LogP contribution >= 0.6 is 27.3 Å². The molecule has 0 spiro atoms. The van der Waals surface area contributed by atoms with Gasteiger partial charge < -0.3 is 9.84 Å². The van der Waals surface area contributed by atoms with E-state index in [2.05, 4.69) is 15.9 Å². The smallest absolute Gasteiger partial charge is 0.122 e. The number of hydrogen-bond acceptors (Lipinski definition) is 3. The Labute approximate surface area is 119 Å². The quantitative estimate of drug-likeness (QED) is 0.915. The van der Waals surface area contributed by atoms with Crippen molar-refractivity contribution < 1.29 is 9.84 Å². The summed E-state index contributed by atoms with van der Waals surface area (Å²) in [7, 11) is 1.66. The van der Waals surface area contributed by atoms with Crippen LogP contribution in [0.25, 0.3) is 0 Å². The highest BCUT2D eigenvalue weighted by Crippen LogP contribution is 2.33. The summed E-state index contributed by atoms with van der Waals surface area (Å²) in [6.07, 6.45) is -0.586. The zero-order valence-electron chi connectivity index (χ0n) is 10.5. The average Bonchev–Trinajstić information content (AvgIpc) is 2.77. The van der Waals surface area contributed by atoms with Crippen LogP contribution < -0.4 is 4.74 Å². The Balaban J connectivity index is 2.42. The number of ether oxygens (including phenoxy) is 1. The van der Waals surface area contributed by atoms with Crippen molar-refractivity contribution in [1.29, 1.82) is 0 Å². The lowest BCUT2D eigenvalue weighted by molar-refractivity contribution is 0.220. The molecule has 0 amide bonds. The van der Waals surface area contributed by atoms with Crippen LogP contribution in [0.15, 0.2) is 27.4 Å². The number of hydrogen-bond donors (Lipinski definition) is 1. The summed E-state index contributed by atoms with van der Waals surface area (Å²) in [5.41, 5.74) is 3.91. The van der Waals surface area contributed by atoms with E-state index in [1.807, 2.05) is 37.4 Å². The first-order valence-electron chi connectivity index (χ1n) is 5.60. The Hall–Kier alpha value is -0.840. The third-order valence-corrected chi connectivity index (χ3v) is 4.50. The standard InChI is InChI=1S/C14H15BrO2S/c1-8-5-12(17-3)9(2)4-11(8)14(16)10-6-13(15)18-7-10/h4-7,14,16H,1-3H3. The lowest BCUT2D eigenvalue weighted by atomic mass is 9.97. The molecule has 1 atom stereocenters. The molecule has 0 fully saturated rings. The van der Waals surface area contributed by atoms with Crippen LogP contribution in [0.1, 0.15) is 28.4 Å². The largest absolute Gasteiger partial charge is 0.496 e. The Morgan fingerprint density at radius 1 is 1.22 bits per heavy atom. The van der Waals surface area contributed by atoms with Gasteiger partial charge in [0.15, 0.2) is 0 Å². The average molecular weight is 327 g/mol. The van der Waals surface area contributed by atoms with Crippen LogP contribution in [-0.2, 0) is 0 Å². The topological polar surface area (TPSA) is 29.5 Å². The molecule has 1 heterocycles. The summed E-state index contributed by atoms with van der Waals surface area (Å²) in [4.78, 5) is 0. The van der Waals surface area contributed by atoms with E-state index in [-0.39, 0.29) is 0 Å². The highest BCUT2D eigenvalue weighted by atomic mass is 79.9. The van der Waals surface area contributed by atoms with Crippen molar-refractivity contribution in [2.45, 2.75) is 20.0 Å². The zero-order valence-corrected chi connectivity index (χ0v) is 12.9. The van der Waals surface area contributed by atoms with Crippen molar-refractivity contribution in [2.75, 3.05) is 7.11 Å². The number of aliphatic hydroxyl groups is 1. The van der Waals surface area contributed by atoms with Crippen molar-refractivity contribution in [3.63, 3.8) is 0 Å². The van der Waals surface area contributed by atoms with Crippen LogP contribution in [0.5, 0.6) is 5.75 Å². The van der Waals surface area contributed by atoms with Gasteiger partial charge in [0.2, 0.25) is 0 Å². The van der Waals surface area contributed by atoms with Gasteiger partial charge in [0, 0.05) is 0 Å². The van der Waals surface area contributed by atoms with Crippen LogP contribution in [0.4, 0.5) is 0 Å². The van der Waals surface area contributed by atoms with Gasteiger partial charge in [-0.15, -0.1) is 11.3 Å². The minimum Gasteiger partial charge on any atom is -0.496 e. The molecule has 1 aromatic carbocycles. The van der Waals surface area contributed by atoms with E-state index in [4.69, 9.17) is 4.74 Å². The Kier molecular flexibility index (Phi) is 4.10. The van der Waals surface area contributed by atoms with Crippen molar-refractivity contribution in [3.8, 4) is 5.75 Å².